The molecule has 15 atom stereocenters. The van der Waals surface area contributed by atoms with E-state index >= 15 is 0 Å². The van der Waals surface area contributed by atoms with E-state index in [4.69, 9.17) is 66.3 Å². The number of carbonyl (C=O) groups is 1. The molecule has 2 N–H and O–H groups in total. The third-order valence-electron chi connectivity index (χ3n) is 16.7. The van der Waals surface area contributed by atoms with Crippen molar-refractivity contribution in [3.05, 3.63) is 203 Å². The third-order valence-corrected chi connectivity index (χ3v) is 16.7. The molecule has 6 aromatic carbocycles. The van der Waals surface area contributed by atoms with Crippen LogP contribution in [0.1, 0.15) is 61.1 Å². The number of methoxy groups -OCH3 is 5. The highest BCUT2D eigenvalue weighted by Gasteiger charge is 2.52. The summed E-state index contributed by atoms with van der Waals surface area (Å²) in [6.45, 7) is 11.6. The van der Waals surface area contributed by atoms with Gasteiger partial charge in [0.1, 0.15) is 36.1 Å². The topological polar surface area (TPSA) is 187 Å². The van der Waals surface area contributed by atoms with E-state index in [2.05, 4.69) is 6.92 Å². The molecular formula is C71H92O17. The minimum atomic E-state index is -1.12. The van der Waals surface area contributed by atoms with Crippen molar-refractivity contribution in [1.29, 1.82) is 0 Å². The zero-order chi connectivity index (χ0) is 62.7. The van der Waals surface area contributed by atoms with E-state index in [1.54, 1.807) is 42.5 Å². The highest BCUT2D eigenvalue weighted by Crippen LogP contribution is 2.38. The van der Waals surface area contributed by atoms with Gasteiger partial charge in [0.25, 0.3) is 0 Å². The molecule has 0 amide bonds. The molecule has 7 unspecified atom stereocenters. The zero-order valence-corrected chi connectivity index (χ0v) is 52.4. The molecule has 0 radical (unpaired) electrons. The summed E-state index contributed by atoms with van der Waals surface area (Å²) in [4.78, 5) is 11.9. The second kappa shape index (κ2) is 36.6. The summed E-state index contributed by atoms with van der Waals surface area (Å²) < 4.78 is 81.2. The predicted octanol–water partition coefficient (Wildman–Crippen LogP) is 10.6. The standard InChI is InChI=1S/C24H32O6.C24H30O6.C23H30O5/c2*1-17-21(13-25)23(29-15-19-9-11-20(26-2)12-10-19)24(27-3)30-22(17)16-28-14-18-7-5-4-6-8-18;1-17-20(16-26-14-18-10-6-4-7-11-18)28-22(25-3)21(23(17,2)24)27-15-19-12-8-5-9-13-19/h4-12,17,21-25H,13-16H2,1-3H3;4-13,17,21-24H,14-16H2,1-3H3;4-13,17,20-22,24H,14-16H2,1-3H3/t17-,21?,22?,23?,24-;17-,21+,22?,23?,24-;17-,20?,21?,22+,23-/m110/s1. The molecule has 0 spiro atoms. The maximum absolute atomic E-state index is 11.9. The van der Waals surface area contributed by atoms with E-state index in [1.165, 1.54) is 0 Å². The maximum atomic E-state index is 11.9. The number of hydrogen-bond donors (Lipinski definition) is 2. The molecule has 0 bridgehead atoms. The quantitative estimate of drug-likeness (QED) is 0.0441. The molecule has 17 nitrogen and oxygen atoms in total. The van der Waals surface area contributed by atoms with Crippen LogP contribution < -0.4 is 9.47 Å². The summed E-state index contributed by atoms with van der Waals surface area (Å²) in [5.41, 5.74) is 5.23. The molecule has 9 rings (SSSR count). The molecule has 17 heteroatoms. The van der Waals surface area contributed by atoms with E-state index in [1.807, 2.05) is 184 Å². The van der Waals surface area contributed by atoms with E-state index in [-0.39, 0.29) is 60.6 Å². The van der Waals surface area contributed by atoms with Crippen molar-refractivity contribution in [3.63, 3.8) is 0 Å². The second-order valence-electron chi connectivity index (χ2n) is 22.6. The highest BCUT2D eigenvalue weighted by atomic mass is 16.7. The van der Waals surface area contributed by atoms with Gasteiger partial charge in [-0.3, -0.25) is 0 Å². The Morgan fingerprint density at radius 1 is 0.443 bits per heavy atom. The number of aliphatic hydroxyl groups is 2. The number of ether oxygens (including phenoxy) is 14. The van der Waals surface area contributed by atoms with Crippen LogP contribution in [-0.2, 0) is 101 Å². The van der Waals surface area contributed by atoms with E-state index in [0.29, 0.717) is 59.5 Å². The Bertz CT molecular complexity index is 2810. The van der Waals surface area contributed by atoms with Crippen molar-refractivity contribution in [2.45, 2.75) is 128 Å². The highest BCUT2D eigenvalue weighted by molar-refractivity contribution is 5.55. The summed E-state index contributed by atoms with van der Waals surface area (Å²) >= 11 is 0. The van der Waals surface area contributed by atoms with Gasteiger partial charge in [0.2, 0.25) is 0 Å². The van der Waals surface area contributed by atoms with Crippen molar-refractivity contribution in [2.75, 3.05) is 62.0 Å². The van der Waals surface area contributed by atoms with Crippen molar-refractivity contribution >= 4 is 6.29 Å². The first-order valence-corrected chi connectivity index (χ1v) is 30.2. The van der Waals surface area contributed by atoms with Crippen LogP contribution in [0.15, 0.2) is 170 Å². The van der Waals surface area contributed by atoms with Crippen LogP contribution in [0, 0.1) is 29.6 Å². The summed E-state index contributed by atoms with van der Waals surface area (Å²) in [6, 6.07) is 55.2. The fourth-order valence-corrected chi connectivity index (χ4v) is 11.0. The number of rotatable bonds is 28. The molecule has 3 saturated heterocycles. The summed E-state index contributed by atoms with van der Waals surface area (Å²) in [5, 5.41) is 21.3. The molecule has 88 heavy (non-hydrogen) atoms. The van der Waals surface area contributed by atoms with E-state index in [0.717, 1.165) is 51.2 Å². The van der Waals surface area contributed by atoms with E-state index in [9.17, 15) is 15.0 Å². The molecular weight excluding hydrogens is 1120 g/mol. The maximum Gasteiger partial charge on any atom is 0.186 e. The number of carbonyl (C=O) groups excluding carboxylic acids is 1. The lowest BCUT2D eigenvalue weighted by atomic mass is 9.79. The van der Waals surface area contributed by atoms with Gasteiger partial charge in [-0.05, 0) is 76.4 Å². The van der Waals surface area contributed by atoms with Crippen LogP contribution in [0.25, 0.3) is 0 Å². The Morgan fingerprint density at radius 2 is 0.795 bits per heavy atom. The Morgan fingerprint density at radius 3 is 1.19 bits per heavy atom. The number of hydrogen-bond acceptors (Lipinski definition) is 17. The molecule has 3 aliphatic rings. The molecule has 6 aromatic rings. The van der Waals surface area contributed by atoms with E-state index < -0.39 is 36.7 Å². The number of benzene rings is 6. The predicted molar refractivity (Wildman–Crippen MR) is 332 cm³/mol. The molecule has 0 aromatic heterocycles. The first-order chi connectivity index (χ1) is 42.8. The molecule has 0 saturated carbocycles. The summed E-state index contributed by atoms with van der Waals surface area (Å²) in [6.07, 6.45) is -3.12. The van der Waals surface area contributed by atoms with Crippen molar-refractivity contribution < 1.29 is 81.3 Å². The van der Waals surface area contributed by atoms with Crippen molar-refractivity contribution in [3.8, 4) is 11.5 Å². The van der Waals surface area contributed by atoms with Crippen LogP contribution >= 0.6 is 0 Å². The van der Waals surface area contributed by atoms with Crippen LogP contribution in [0.5, 0.6) is 11.5 Å². The zero-order valence-electron chi connectivity index (χ0n) is 52.4. The minimum Gasteiger partial charge on any atom is -0.497 e. The van der Waals surface area contributed by atoms with Crippen LogP contribution in [0.2, 0.25) is 0 Å². The summed E-state index contributed by atoms with van der Waals surface area (Å²) in [7, 11) is 8.00. The van der Waals surface area contributed by atoms with Gasteiger partial charge in [-0.15, -0.1) is 0 Å². The van der Waals surface area contributed by atoms with Gasteiger partial charge in [0.05, 0.1) is 104 Å². The first kappa shape index (κ1) is 69.5. The smallest absolute Gasteiger partial charge is 0.186 e. The molecule has 3 fully saturated rings. The van der Waals surface area contributed by atoms with Gasteiger partial charge in [-0.2, -0.15) is 0 Å². The molecule has 3 aliphatic heterocycles. The Labute approximate surface area is 520 Å². The average molecular weight is 1220 g/mol. The summed E-state index contributed by atoms with van der Waals surface area (Å²) in [5.74, 6) is 0.917. The first-order valence-electron chi connectivity index (χ1n) is 30.2. The second-order valence-corrected chi connectivity index (χ2v) is 22.6. The van der Waals surface area contributed by atoms with Crippen LogP contribution in [0.3, 0.4) is 0 Å². The number of aliphatic hydroxyl groups excluding tert-OH is 1. The van der Waals surface area contributed by atoms with Crippen LogP contribution in [0.4, 0.5) is 0 Å². The molecule has 3 heterocycles. The third kappa shape index (κ3) is 20.3. The van der Waals surface area contributed by atoms with Gasteiger partial charge >= 0.3 is 0 Å². The number of aldehydes is 1. The lowest BCUT2D eigenvalue weighted by Gasteiger charge is -2.49. The SMILES string of the molecule is CO[C@@H]1OC(COCc2ccccc2)[C@H](C)[C@](C)(O)C1OCc1ccccc1.COc1ccc(COC2C(CO)[C@@H](C)C(COCc3ccccc3)O[C@H]2OC)cc1.COc1ccc(COC2[C@H](OC)OC(COCc3ccccc3)[C@H](C)[C@@H]2C=O)cc1. The lowest BCUT2D eigenvalue weighted by Crippen LogP contribution is -2.63. The van der Waals surface area contributed by atoms with Gasteiger partial charge in [-0.1, -0.05) is 166 Å². The largest absolute Gasteiger partial charge is 0.497 e. The normalized spacial score (nSPS) is 27.6. The molecule has 478 valence electrons. The Kier molecular flexibility index (Phi) is 28.9. The fraction of sp³-hybridized carbons (Fsp3) is 0.479. The molecule has 0 aliphatic carbocycles. The van der Waals surface area contributed by atoms with Crippen LogP contribution in [-0.4, -0.2) is 140 Å². The Balaban J connectivity index is 0.000000188. The van der Waals surface area contributed by atoms with Crippen molar-refractivity contribution in [1.82, 2.24) is 0 Å². The van der Waals surface area contributed by atoms with Gasteiger partial charge in [-0.25, -0.2) is 0 Å². The van der Waals surface area contributed by atoms with Gasteiger partial charge in [0, 0.05) is 39.8 Å². The van der Waals surface area contributed by atoms with Gasteiger partial charge in [0.15, 0.2) is 18.9 Å². The fourth-order valence-electron chi connectivity index (χ4n) is 11.0. The average Bonchev–Trinajstić information content (AvgIpc) is 3.52. The van der Waals surface area contributed by atoms with Gasteiger partial charge < -0.3 is 81.3 Å². The Hall–Kier alpha value is -5.97. The van der Waals surface area contributed by atoms with Crippen molar-refractivity contribution in [2.24, 2.45) is 29.6 Å². The monoisotopic (exact) mass is 1220 g/mol. The minimum absolute atomic E-state index is 0.00709. The lowest BCUT2D eigenvalue weighted by molar-refractivity contribution is -0.321.